The smallest absolute Gasteiger partial charge is 0.200 e. The minimum atomic E-state index is -3.57. The average Bonchev–Trinajstić information content (AvgIpc) is 2.35. The van der Waals surface area contributed by atoms with Crippen molar-refractivity contribution in [2.75, 3.05) is 0 Å². The lowest BCUT2D eigenvalue weighted by atomic mass is 9.72. The van der Waals surface area contributed by atoms with Gasteiger partial charge in [-0.05, 0) is 49.7 Å². The second-order valence-electron chi connectivity index (χ2n) is 6.94. The Morgan fingerprint density at radius 1 is 1.24 bits per heavy atom. The highest BCUT2D eigenvalue weighted by Crippen LogP contribution is 2.36. The summed E-state index contributed by atoms with van der Waals surface area (Å²) in [4.78, 5) is 2.63. The maximum Gasteiger partial charge on any atom is 0.276 e. The zero-order chi connectivity index (χ0) is 15.7. The van der Waals surface area contributed by atoms with Crippen LogP contribution in [0.1, 0.15) is 45.6 Å². The van der Waals surface area contributed by atoms with Crippen molar-refractivity contribution in [2.24, 2.45) is 16.4 Å². The number of nitrogens with one attached hydrogen (secondary N) is 1. The molecule has 0 bridgehead atoms. The van der Waals surface area contributed by atoms with Gasteiger partial charge in [0.15, 0.2) is 0 Å². The highest BCUT2D eigenvalue weighted by molar-refractivity contribution is 7.89. The summed E-state index contributed by atoms with van der Waals surface area (Å²) in [5.41, 5.74) is 2.16. The van der Waals surface area contributed by atoms with Crippen molar-refractivity contribution >= 4 is 15.7 Å². The number of hydrogen-bond donors (Lipinski definition) is 1. The van der Waals surface area contributed by atoms with E-state index in [1.165, 1.54) is 0 Å². The second kappa shape index (κ2) is 5.79. The number of hydrazone groups is 1. The van der Waals surface area contributed by atoms with E-state index in [1.807, 2.05) is 6.92 Å². The predicted octanol–water partition coefficient (Wildman–Crippen LogP) is 3.48. The van der Waals surface area contributed by atoms with E-state index in [1.54, 1.807) is 24.3 Å². The molecule has 1 aromatic carbocycles. The van der Waals surface area contributed by atoms with E-state index in [0.717, 1.165) is 30.5 Å². The van der Waals surface area contributed by atoms with Crippen LogP contribution in [-0.4, -0.2) is 14.1 Å². The van der Waals surface area contributed by atoms with Crippen molar-refractivity contribution in [3.8, 4) is 0 Å². The summed E-state index contributed by atoms with van der Waals surface area (Å²) < 4.78 is 24.4. The summed E-state index contributed by atoms with van der Waals surface area (Å²) >= 11 is 0. The molecule has 116 valence electrons. The fourth-order valence-electron chi connectivity index (χ4n) is 3.09. The lowest BCUT2D eigenvalue weighted by Crippen LogP contribution is -2.30. The Morgan fingerprint density at radius 2 is 1.86 bits per heavy atom. The van der Waals surface area contributed by atoms with Crippen molar-refractivity contribution in [2.45, 2.75) is 51.9 Å². The largest absolute Gasteiger partial charge is 0.276 e. The zero-order valence-corrected chi connectivity index (χ0v) is 14.0. The number of rotatable bonds is 3. The maximum absolute atomic E-state index is 12.2. The number of sulfonamides is 1. The van der Waals surface area contributed by atoms with Crippen LogP contribution < -0.4 is 4.83 Å². The van der Waals surface area contributed by atoms with Gasteiger partial charge in [-0.1, -0.05) is 38.5 Å². The van der Waals surface area contributed by atoms with Crippen molar-refractivity contribution in [1.29, 1.82) is 0 Å². The SMILES string of the molecule is Cc1ccc(S(=O)(=O)N/N=C2/C[C@@H](C)CC(C)(C)C2)cc1. The highest BCUT2D eigenvalue weighted by atomic mass is 32.2. The summed E-state index contributed by atoms with van der Waals surface area (Å²) in [7, 11) is -3.57. The van der Waals surface area contributed by atoms with E-state index >= 15 is 0 Å². The van der Waals surface area contributed by atoms with E-state index in [-0.39, 0.29) is 10.3 Å². The molecule has 1 atom stereocenters. The molecule has 1 aromatic rings. The molecule has 0 spiro atoms. The molecule has 0 amide bonds. The van der Waals surface area contributed by atoms with Gasteiger partial charge in [-0.25, -0.2) is 4.83 Å². The minimum Gasteiger partial charge on any atom is -0.200 e. The van der Waals surface area contributed by atoms with Crippen LogP contribution in [0.25, 0.3) is 0 Å². The first-order valence-electron chi connectivity index (χ1n) is 7.32. The Hall–Kier alpha value is -1.36. The highest BCUT2D eigenvalue weighted by Gasteiger charge is 2.29. The molecule has 0 radical (unpaired) electrons. The van der Waals surface area contributed by atoms with Crippen molar-refractivity contribution in [1.82, 2.24) is 4.83 Å². The molecule has 0 unspecified atom stereocenters. The van der Waals surface area contributed by atoms with Gasteiger partial charge >= 0.3 is 0 Å². The maximum atomic E-state index is 12.2. The molecule has 1 aliphatic carbocycles. The summed E-state index contributed by atoms with van der Waals surface area (Å²) in [5.74, 6) is 0.538. The Balaban J connectivity index is 2.14. The van der Waals surface area contributed by atoms with Crippen LogP contribution in [-0.2, 0) is 10.0 Å². The number of nitrogens with zero attached hydrogens (tertiary/aromatic N) is 1. The van der Waals surface area contributed by atoms with E-state index in [9.17, 15) is 8.42 Å². The van der Waals surface area contributed by atoms with Gasteiger partial charge in [-0.3, -0.25) is 0 Å². The van der Waals surface area contributed by atoms with Crippen LogP contribution in [0.2, 0.25) is 0 Å². The molecule has 1 aliphatic rings. The molecule has 2 rings (SSSR count). The molecule has 5 heteroatoms. The molecule has 0 saturated heterocycles. The Kier molecular flexibility index (Phi) is 4.42. The van der Waals surface area contributed by atoms with Gasteiger partial charge < -0.3 is 0 Å². The van der Waals surface area contributed by atoms with E-state index < -0.39 is 10.0 Å². The van der Waals surface area contributed by atoms with Crippen LogP contribution in [0.3, 0.4) is 0 Å². The Bertz CT molecular complexity index is 631. The minimum absolute atomic E-state index is 0.186. The first-order valence-corrected chi connectivity index (χ1v) is 8.80. The number of benzene rings is 1. The lowest BCUT2D eigenvalue weighted by Gasteiger charge is -2.34. The normalized spacial score (nSPS) is 24.0. The number of aryl methyl sites for hydroxylation is 1. The molecular formula is C16H24N2O2S. The van der Waals surface area contributed by atoms with Gasteiger partial charge in [0, 0.05) is 5.71 Å². The summed E-state index contributed by atoms with van der Waals surface area (Å²) in [6.45, 7) is 8.51. The van der Waals surface area contributed by atoms with E-state index in [2.05, 4.69) is 30.7 Å². The second-order valence-corrected chi connectivity index (χ2v) is 8.60. The van der Waals surface area contributed by atoms with Crippen LogP contribution in [0, 0.1) is 18.3 Å². The fourth-order valence-corrected chi connectivity index (χ4v) is 3.94. The molecule has 1 saturated carbocycles. The van der Waals surface area contributed by atoms with Gasteiger partial charge in [0.25, 0.3) is 10.0 Å². The van der Waals surface area contributed by atoms with Gasteiger partial charge in [0.2, 0.25) is 0 Å². The van der Waals surface area contributed by atoms with Gasteiger partial charge in [-0.15, -0.1) is 0 Å². The quantitative estimate of drug-likeness (QED) is 0.869. The lowest BCUT2D eigenvalue weighted by molar-refractivity contribution is 0.265. The summed E-state index contributed by atoms with van der Waals surface area (Å²) in [6, 6.07) is 6.78. The molecule has 0 heterocycles. The summed E-state index contributed by atoms with van der Waals surface area (Å²) in [6.07, 6.45) is 2.85. The topological polar surface area (TPSA) is 58.5 Å². The van der Waals surface area contributed by atoms with Crippen LogP contribution in [0.4, 0.5) is 0 Å². The monoisotopic (exact) mass is 308 g/mol. The molecule has 4 nitrogen and oxygen atoms in total. The first-order chi connectivity index (χ1) is 9.68. The predicted molar refractivity (Wildman–Crippen MR) is 85.7 cm³/mol. The average molecular weight is 308 g/mol. The fraction of sp³-hybridized carbons (Fsp3) is 0.562. The van der Waals surface area contributed by atoms with Crippen molar-refractivity contribution in [3.05, 3.63) is 29.8 Å². The third-order valence-electron chi connectivity index (χ3n) is 3.82. The molecule has 21 heavy (non-hydrogen) atoms. The molecular weight excluding hydrogens is 284 g/mol. The van der Waals surface area contributed by atoms with Crippen LogP contribution >= 0.6 is 0 Å². The third-order valence-corrected chi connectivity index (χ3v) is 5.05. The zero-order valence-electron chi connectivity index (χ0n) is 13.2. The number of hydrogen-bond acceptors (Lipinski definition) is 3. The van der Waals surface area contributed by atoms with E-state index in [0.29, 0.717) is 5.92 Å². The van der Waals surface area contributed by atoms with Gasteiger partial charge in [0.05, 0.1) is 4.90 Å². The Morgan fingerprint density at radius 3 is 2.43 bits per heavy atom. The first kappa shape index (κ1) is 16.0. The van der Waals surface area contributed by atoms with E-state index in [4.69, 9.17) is 0 Å². The third kappa shape index (κ3) is 4.30. The van der Waals surface area contributed by atoms with Crippen molar-refractivity contribution in [3.63, 3.8) is 0 Å². The molecule has 0 aliphatic heterocycles. The molecule has 1 N–H and O–H groups in total. The van der Waals surface area contributed by atoms with Gasteiger partial charge in [0.1, 0.15) is 0 Å². The Labute approximate surface area is 127 Å². The van der Waals surface area contributed by atoms with Crippen LogP contribution in [0.5, 0.6) is 0 Å². The molecule has 1 fully saturated rings. The van der Waals surface area contributed by atoms with Crippen LogP contribution in [0.15, 0.2) is 34.3 Å². The molecule has 0 aromatic heterocycles. The summed E-state index contributed by atoms with van der Waals surface area (Å²) in [5, 5.41) is 4.18. The van der Waals surface area contributed by atoms with Crippen molar-refractivity contribution < 1.29 is 8.42 Å². The standard InChI is InChI=1S/C16H24N2O2S/c1-12-5-7-15(8-6-12)21(19,20)18-17-14-9-13(2)10-16(3,4)11-14/h5-8,13,18H,9-11H2,1-4H3/b17-14-/t13-/m1/s1. The van der Waals surface area contributed by atoms with Gasteiger partial charge in [-0.2, -0.15) is 13.5 Å².